The number of benzene rings is 1. The van der Waals surface area contributed by atoms with E-state index in [1.165, 1.54) is 32.1 Å². The highest BCUT2D eigenvalue weighted by atomic mass is 16.6. The lowest BCUT2D eigenvalue weighted by Gasteiger charge is -2.11. The Morgan fingerprint density at radius 2 is 1.00 bits per heavy atom. The molecule has 0 aliphatic carbocycles. The van der Waals surface area contributed by atoms with Crippen LogP contribution in [0.3, 0.4) is 0 Å². The van der Waals surface area contributed by atoms with Crippen molar-refractivity contribution in [2.75, 3.05) is 106 Å². The van der Waals surface area contributed by atoms with Crippen LogP contribution in [0.15, 0.2) is 42.2 Å². The van der Waals surface area contributed by atoms with Crippen LogP contribution in [0.2, 0.25) is 0 Å². The fourth-order valence-electron chi connectivity index (χ4n) is 3.87. The van der Waals surface area contributed by atoms with E-state index in [1.807, 2.05) is 36.4 Å². The average Bonchev–Trinajstić information content (AvgIpc) is 3.06. The molecule has 0 unspecified atom stereocenters. The first-order valence-corrected chi connectivity index (χ1v) is 16.5. The summed E-state index contributed by atoms with van der Waals surface area (Å²) < 4.78 is 49.0. The SMILES string of the molecule is CCCCCCCCCC=C(Oc1ccccc1)C(=O)OCCOCCOCCOCCOCCOCCOCCOCCO. The molecule has 0 amide bonds. The smallest absolute Gasteiger partial charge is 0.373 e. The highest BCUT2D eigenvalue weighted by molar-refractivity contribution is 5.86. The van der Waals surface area contributed by atoms with Gasteiger partial charge in [0.2, 0.25) is 5.76 Å². The molecule has 45 heavy (non-hydrogen) atoms. The molecule has 1 aromatic carbocycles. The van der Waals surface area contributed by atoms with Gasteiger partial charge in [0, 0.05) is 0 Å². The summed E-state index contributed by atoms with van der Waals surface area (Å²) in [4.78, 5) is 12.7. The second kappa shape index (κ2) is 33.3. The molecular formula is C34H58O11. The fourth-order valence-corrected chi connectivity index (χ4v) is 3.87. The molecule has 0 aromatic heterocycles. The Morgan fingerprint density at radius 1 is 0.578 bits per heavy atom. The lowest BCUT2D eigenvalue weighted by atomic mass is 10.1. The Bertz CT molecular complexity index is 792. The van der Waals surface area contributed by atoms with Gasteiger partial charge in [0.05, 0.1) is 99.1 Å². The Balaban J connectivity index is 1.97. The molecule has 11 nitrogen and oxygen atoms in total. The number of hydrogen-bond donors (Lipinski definition) is 1. The number of aliphatic hydroxyl groups is 1. The first-order valence-electron chi connectivity index (χ1n) is 16.5. The largest absolute Gasteiger partial charge is 0.457 e. The van der Waals surface area contributed by atoms with E-state index in [2.05, 4.69) is 6.92 Å². The van der Waals surface area contributed by atoms with E-state index in [-0.39, 0.29) is 25.6 Å². The molecule has 260 valence electrons. The van der Waals surface area contributed by atoms with E-state index in [9.17, 15) is 4.79 Å². The molecule has 0 bridgehead atoms. The normalized spacial score (nSPS) is 11.6. The highest BCUT2D eigenvalue weighted by Crippen LogP contribution is 2.16. The maximum absolute atomic E-state index is 12.7. The van der Waals surface area contributed by atoms with Gasteiger partial charge in [0.25, 0.3) is 0 Å². The third-order valence-electron chi connectivity index (χ3n) is 6.24. The second-order valence-electron chi connectivity index (χ2n) is 10.0. The summed E-state index contributed by atoms with van der Waals surface area (Å²) in [5.74, 6) is 0.332. The number of rotatable bonds is 34. The van der Waals surface area contributed by atoms with E-state index in [1.54, 1.807) is 0 Å². The number of esters is 1. The van der Waals surface area contributed by atoms with Crippen molar-refractivity contribution in [3.63, 3.8) is 0 Å². The summed E-state index contributed by atoms with van der Waals surface area (Å²) in [6.45, 7) is 8.59. The van der Waals surface area contributed by atoms with E-state index < -0.39 is 5.97 Å². The first kappa shape index (κ1) is 40.9. The van der Waals surface area contributed by atoms with Crippen molar-refractivity contribution in [2.45, 2.75) is 58.3 Å². The number of carbonyl (C=O) groups is 1. The number of unbranched alkanes of at least 4 members (excludes halogenated alkanes) is 7. The van der Waals surface area contributed by atoms with Crippen molar-refractivity contribution < 1.29 is 52.5 Å². The molecule has 0 spiro atoms. The number of carbonyl (C=O) groups excluding carboxylic acids is 1. The molecule has 0 radical (unpaired) electrons. The zero-order valence-corrected chi connectivity index (χ0v) is 27.5. The van der Waals surface area contributed by atoms with Gasteiger partial charge in [-0.25, -0.2) is 4.79 Å². The Labute approximate surface area is 270 Å². The van der Waals surface area contributed by atoms with Crippen molar-refractivity contribution in [1.29, 1.82) is 0 Å². The van der Waals surface area contributed by atoms with Crippen LogP contribution in [0.5, 0.6) is 5.75 Å². The Kier molecular flexibility index (Phi) is 30.3. The summed E-state index contributed by atoms with van der Waals surface area (Å²) in [5, 5.41) is 8.59. The summed E-state index contributed by atoms with van der Waals surface area (Å²) in [6.07, 6.45) is 11.1. The van der Waals surface area contributed by atoms with E-state index in [0.29, 0.717) is 91.6 Å². The van der Waals surface area contributed by atoms with Crippen molar-refractivity contribution in [3.05, 3.63) is 42.2 Å². The van der Waals surface area contributed by atoms with Gasteiger partial charge in [0.15, 0.2) is 0 Å². The van der Waals surface area contributed by atoms with Gasteiger partial charge in [-0.3, -0.25) is 0 Å². The summed E-state index contributed by atoms with van der Waals surface area (Å²) >= 11 is 0. The monoisotopic (exact) mass is 642 g/mol. The van der Waals surface area contributed by atoms with Crippen molar-refractivity contribution in [3.8, 4) is 5.75 Å². The number of hydrogen-bond acceptors (Lipinski definition) is 11. The lowest BCUT2D eigenvalue weighted by Crippen LogP contribution is -2.17. The maximum Gasteiger partial charge on any atom is 0.373 e. The lowest BCUT2D eigenvalue weighted by molar-refractivity contribution is -0.143. The van der Waals surface area contributed by atoms with E-state index in [4.69, 9.17) is 47.7 Å². The van der Waals surface area contributed by atoms with Crippen LogP contribution in [0.1, 0.15) is 58.3 Å². The van der Waals surface area contributed by atoms with Crippen molar-refractivity contribution in [1.82, 2.24) is 0 Å². The zero-order valence-electron chi connectivity index (χ0n) is 27.5. The minimum Gasteiger partial charge on any atom is -0.457 e. The van der Waals surface area contributed by atoms with Gasteiger partial charge in [-0.2, -0.15) is 0 Å². The van der Waals surface area contributed by atoms with Gasteiger partial charge in [-0.05, 0) is 31.1 Å². The molecule has 0 heterocycles. The van der Waals surface area contributed by atoms with Crippen molar-refractivity contribution in [2.24, 2.45) is 0 Å². The van der Waals surface area contributed by atoms with Crippen LogP contribution in [-0.2, 0) is 42.7 Å². The van der Waals surface area contributed by atoms with Crippen LogP contribution < -0.4 is 4.74 Å². The fraction of sp³-hybridized carbons (Fsp3) is 0.735. The number of ether oxygens (including phenoxy) is 9. The van der Waals surface area contributed by atoms with Crippen molar-refractivity contribution >= 4 is 5.97 Å². The topological polar surface area (TPSA) is 120 Å². The molecule has 11 heteroatoms. The summed E-state index contributed by atoms with van der Waals surface area (Å²) in [7, 11) is 0. The molecule has 0 saturated carbocycles. The van der Waals surface area contributed by atoms with E-state index in [0.717, 1.165) is 19.3 Å². The minimum absolute atomic E-state index is 0.0201. The molecule has 0 aliphatic heterocycles. The van der Waals surface area contributed by atoms with Gasteiger partial charge < -0.3 is 47.7 Å². The predicted molar refractivity (Wildman–Crippen MR) is 172 cm³/mol. The molecule has 1 rings (SSSR count). The molecule has 1 N–H and O–H groups in total. The van der Waals surface area contributed by atoms with Crippen LogP contribution in [0, 0.1) is 0 Å². The van der Waals surface area contributed by atoms with Gasteiger partial charge in [0.1, 0.15) is 12.4 Å². The number of allylic oxidation sites excluding steroid dienone is 1. The Hall–Kier alpha value is -2.09. The van der Waals surface area contributed by atoms with Gasteiger partial charge >= 0.3 is 5.97 Å². The maximum atomic E-state index is 12.7. The number of aliphatic hydroxyl groups excluding tert-OH is 1. The first-order chi connectivity index (χ1) is 22.3. The molecular weight excluding hydrogens is 584 g/mol. The van der Waals surface area contributed by atoms with E-state index >= 15 is 0 Å². The van der Waals surface area contributed by atoms with Gasteiger partial charge in [-0.1, -0.05) is 63.6 Å². The standard InChI is InChI=1S/C34H58O11/c1-2-3-4-5-6-7-8-12-15-33(45-32-13-10-9-11-14-32)34(36)44-31-30-43-29-28-42-27-26-41-25-24-40-23-22-39-21-20-38-19-18-37-17-16-35/h9-11,13-15,35H,2-8,12,16-31H2,1H3. The minimum atomic E-state index is -0.488. The molecule has 0 fully saturated rings. The van der Waals surface area contributed by atoms with Gasteiger partial charge in [-0.15, -0.1) is 0 Å². The molecule has 0 aliphatic rings. The molecule has 0 saturated heterocycles. The average molecular weight is 643 g/mol. The third kappa shape index (κ3) is 27.9. The highest BCUT2D eigenvalue weighted by Gasteiger charge is 2.14. The second-order valence-corrected chi connectivity index (χ2v) is 10.0. The third-order valence-corrected chi connectivity index (χ3v) is 6.24. The number of para-hydroxylation sites is 1. The molecule has 0 atom stereocenters. The van der Waals surface area contributed by atoms with Crippen LogP contribution in [-0.4, -0.2) is 117 Å². The summed E-state index contributed by atoms with van der Waals surface area (Å²) in [5.41, 5.74) is 0. The summed E-state index contributed by atoms with van der Waals surface area (Å²) in [6, 6.07) is 9.26. The zero-order chi connectivity index (χ0) is 32.3. The van der Waals surface area contributed by atoms with Crippen LogP contribution >= 0.6 is 0 Å². The Morgan fingerprint density at radius 3 is 1.47 bits per heavy atom. The molecule has 1 aromatic rings. The quantitative estimate of drug-likeness (QED) is 0.0486. The predicted octanol–water partition coefficient (Wildman–Crippen LogP) is 4.74. The van der Waals surface area contributed by atoms with Crippen LogP contribution in [0.25, 0.3) is 0 Å². The van der Waals surface area contributed by atoms with Crippen LogP contribution in [0.4, 0.5) is 0 Å².